The van der Waals surface area contributed by atoms with Crippen LogP contribution in [0.1, 0.15) is 47.1 Å². The molecule has 1 aliphatic heterocycles. The molecule has 0 aliphatic carbocycles. The van der Waals surface area contributed by atoms with Crippen LogP contribution in [0.25, 0.3) is 0 Å². The Labute approximate surface area is 160 Å². The summed E-state index contributed by atoms with van der Waals surface area (Å²) in [6.07, 6.45) is -2.03. The molecule has 152 valence electrons. The first-order valence-corrected chi connectivity index (χ1v) is 10.3. The fourth-order valence-corrected chi connectivity index (χ4v) is 3.83. The Morgan fingerprint density at radius 3 is 2.44 bits per heavy atom. The van der Waals surface area contributed by atoms with E-state index in [1.807, 2.05) is 13.8 Å². The molecule has 0 saturated heterocycles. The maximum atomic E-state index is 12.3. The van der Waals surface area contributed by atoms with Crippen LogP contribution in [-0.4, -0.2) is 44.4 Å². The summed E-state index contributed by atoms with van der Waals surface area (Å²) in [5.41, 5.74) is -0.0407. The number of hydrogen-bond donors (Lipinski definition) is 0. The standard InChI is InChI=1S/C18H27NO7S/c1-7-19(8-2)27(21,22)26-13-9-10-15-14(11-13)18(5,6)16(24-15)25-17(20)23-12(3)4/h9-12,16H,7-8H2,1-6H3. The molecule has 0 N–H and O–H groups in total. The Balaban J connectivity index is 2.22. The molecule has 1 aliphatic rings. The molecule has 0 aromatic heterocycles. The summed E-state index contributed by atoms with van der Waals surface area (Å²) in [4.78, 5) is 11.8. The van der Waals surface area contributed by atoms with Crippen molar-refractivity contribution in [2.45, 2.75) is 59.4 Å². The Hall–Kier alpha value is -2.00. The summed E-state index contributed by atoms with van der Waals surface area (Å²) in [5, 5.41) is 0. The molecule has 0 bridgehead atoms. The number of carbonyl (C=O) groups excluding carboxylic acids is 1. The molecule has 0 radical (unpaired) electrons. The molecular formula is C18H27NO7S. The van der Waals surface area contributed by atoms with Crippen LogP contribution >= 0.6 is 0 Å². The molecule has 0 fully saturated rings. The third-order valence-electron chi connectivity index (χ3n) is 4.23. The van der Waals surface area contributed by atoms with Crippen molar-refractivity contribution in [2.75, 3.05) is 13.1 Å². The van der Waals surface area contributed by atoms with Crippen molar-refractivity contribution in [1.82, 2.24) is 4.31 Å². The van der Waals surface area contributed by atoms with Gasteiger partial charge in [0.25, 0.3) is 6.29 Å². The predicted molar refractivity (Wildman–Crippen MR) is 99.1 cm³/mol. The molecule has 2 rings (SSSR count). The zero-order valence-electron chi connectivity index (χ0n) is 16.5. The van der Waals surface area contributed by atoms with E-state index in [4.69, 9.17) is 18.4 Å². The van der Waals surface area contributed by atoms with Crippen LogP contribution < -0.4 is 8.92 Å². The van der Waals surface area contributed by atoms with Crippen molar-refractivity contribution < 1.29 is 31.6 Å². The second-order valence-electron chi connectivity index (χ2n) is 6.99. The largest absolute Gasteiger partial charge is 0.511 e. The highest BCUT2D eigenvalue weighted by Gasteiger charge is 2.45. The third kappa shape index (κ3) is 4.65. The summed E-state index contributed by atoms with van der Waals surface area (Å²) >= 11 is 0. The van der Waals surface area contributed by atoms with Crippen molar-refractivity contribution in [1.29, 1.82) is 0 Å². The van der Waals surface area contributed by atoms with Crippen LogP contribution in [0.4, 0.5) is 4.79 Å². The lowest BCUT2D eigenvalue weighted by Crippen LogP contribution is -2.37. The molecule has 1 unspecified atom stereocenters. The first-order chi connectivity index (χ1) is 12.5. The van der Waals surface area contributed by atoms with E-state index in [9.17, 15) is 13.2 Å². The molecule has 0 spiro atoms. The van der Waals surface area contributed by atoms with Crippen LogP contribution in [0.3, 0.4) is 0 Å². The molecule has 1 heterocycles. The van der Waals surface area contributed by atoms with E-state index in [-0.39, 0.29) is 11.9 Å². The normalized spacial score (nSPS) is 18.1. The highest BCUT2D eigenvalue weighted by atomic mass is 32.2. The number of fused-ring (bicyclic) bond motifs is 1. The van der Waals surface area contributed by atoms with Crippen LogP contribution in [0.5, 0.6) is 11.5 Å². The van der Waals surface area contributed by atoms with Crippen LogP contribution in [-0.2, 0) is 25.2 Å². The maximum absolute atomic E-state index is 12.3. The van der Waals surface area contributed by atoms with Gasteiger partial charge in [-0.05, 0) is 45.9 Å². The Kier molecular flexibility index (Phi) is 6.26. The number of carbonyl (C=O) groups is 1. The number of nitrogens with zero attached hydrogens (tertiary/aromatic N) is 1. The minimum atomic E-state index is -3.89. The van der Waals surface area contributed by atoms with Crippen molar-refractivity contribution in [3.8, 4) is 11.5 Å². The van der Waals surface area contributed by atoms with Crippen molar-refractivity contribution in [2.24, 2.45) is 0 Å². The zero-order chi connectivity index (χ0) is 20.4. The van der Waals surface area contributed by atoms with Crippen molar-refractivity contribution >= 4 is 16.5 Å². The molecule has 9 heteroatoms. The number of rotatable bonds is 7. The van der Waals surface area contributed by atoms with Gasteiger partial charge in [-0.15, -0.1) is 0 Å². The number of hydrogen-bond acceptors (Lipinski definition) is 7. The first kappa shape index (κ1) is 21.3. The lowest BCUT2D eigenvalue weighted by atomic mass is 9.85. The first-order valence-electron chi connectivity index (χ1n) is 8.89. The zero-order valence-corrected chi connectivity index (χ0v) is 17.3. The molecule has 1 aromatic rings. The number of ether oxygens (including phenoxy) is 3. The minimum absolute atomic E-state index is 0.169. The van der Waals surface area contributed by atoms with Crippen LogP contribution in [0.2, 0.25) is 0 Å². The van der Waals surface area contributed by atoms with Gasteiger partial charge in [-0.2, -0.15) is 12.7 Å². The Morgan fingerprint density at radius 2 is 1.89 bits per heavy atom. The van der Waals surface area contributed by atoms with Gasteiger partial charge >= 0.3 is 16.5 Å². The van der Waals surface area contributed by atoms with Gasteiger partial charge in [-0.1, -0.05) is 13.8 Å². The quantitative estimate of drug-likeness (QED) is 0.648. The summed E-state index contributed by atoms with van der Waals surface area (Å²) in [7, 11) is -3.89. The van der Waals surface area contributed by atoms with Gasteiger partial charge in [0, 0.05) is 18.7 Å². The second kappa shape index (κ2) is 7.93. The topological polar surface area (TPSA) is 91.4 Å². The highest BCUT2D eigenvalue weighted by molar-refractivity contribution is 7.84. The smallest absolute Gasteiger partial charge is 0.453 e. The Bertz CT molecular complexity index is 785. The Morgan fingerprint density at radius 1 is 1.26 bits per heavy atom. The summed E-state index contributed by atoms with van der Waals surface area (Å²) in [6.45, 7) is 11.2. The SMILES string of the molecule is CCN(CC)S(=O)(=O)Oc1ccc2c(c1)C(C)(C)C(OC(=O)OC(C)C)O2. The van der Waals surface area contributed by atoms with Crippen molar-refractivity contribution in [3.05, 3.63) is 23.8 Å². The van der Waals surface area contributed by atoms with E-state index in [2.05, 4.69) is 0 Å². The molecule has 27 heavy (non-hydrogen) atoms. The highest BCUT2D eigenvalue weighted by Crippen LogP contribution is 2.45. The maximum Gasteiger partial charge on any atom is 0.511 e. The minimum Gasteiger partial charge on any atom is -0.453 e. The lowest BCUT2D eigenvalue weighted by molar-refractivity contribution is -0.0893. The molecule has 0 saturated carbocycles. The van der Waals surface area contributed by atoms with Crippen LogP contribution in [0.15, 0.2) is 18.2 Å². The predicted octanol–water partition coefficient (Wildman–Crippen LogP) is 3.21. The lowest BCUT2D eigenvalue weighted by Gasteiger charge is -2.25. The summed E-state index contributed by atoms with van der Waals surface area (Å²) < 4.78 is 47.1. The summed E-state index contributed by atoms with van der Waals surface area (Å²) in [6, 6.07) is 4.69. The molecular weight excluding hydrogens is 374 g/mol. The van der Waals surface area contributed by atoms with E-state index >= 15 is 0 Å². The van der Waals surface area contributed by atoms with Gasteiger partial charge in [0.2, 0.25) is 0 Å². The third-order valence-corrected chi connectivity index (χ3v) is 5.78. The van der Waals surface area contributed by atoms with Gasteiger partial charge < -0.3 is 18.4 Å². The monoisotopic (exact) mass is 401 g/mol. The summed E-state index contributed by atoms with van der Waals surface area (Å²) in [5.74, 6) is 0.665. The molecule has 1 aromatic carbocycles. The van der Waals surface area contributed by atoms with Gasteiger partial charge in [0.1, 0.15) is 11.5 Å². The van der Waals surface area contributed by atoms with Gasteiger partial charge in [0.05, 0.1) is 11.5 Å². The van der Waals surface area contributed by atoms with Crippen LogP contribution in [0, 0.1) is 0 Å². The van der Waals surface area contributed by atoms with E-state index < -0.39 is 28.2 Å². The van der Waals surface area contributed by atoms with E-state index in [0.29, 0.717) is 24.4 Å². The number of benzene rings is 1. The van der Waals surface area contributed by atoms with Gasteiger partial charge in [-0.25, -0.2) is 4.79 Å². The molecule has 8 nitrogen and oxygen atoms in total. The average molecular weight is 401 g/mol. The van der Waals surface area contributed by atoms with Gasteiger partial charge in [-0.3, -0.25) is 0 Å². The van der Waals surface area contributed by atoms with E-state index in [1.54, 1.807) is 39.8 Å². The second-order valence-corrected chi connectivity index (χ2v) is 8.53. The average Bonchev–Trinajstić information content (AvgIpc) is 2.78. The van der Waals surface area contributed by atoms with Gasteiger partial charge in [0.15, 0.2) is 0 Å². The van der Waals surface area contributed by atoms with E-state index in [0.717, 1.165) is 0 Å². The fourth-order valence-electron chi connectivity index (χ4n) is 2.75. The van der Waals surface area contributed by atoms with E-state index in [1.165, 1.54) is 10.4 Å². The van der Waals surface area contributed by atoms with Crippen molar-refractivity contribution in [3.63, 3.8) is 0 Å². The molecule has 1 atom stereocenters. The molecule has 0 amide bonds. The fraction of sp³-hybridized carbons (Fsp3) is 0.611.